The van der Waals surface area contributed by atoms with Crippen molar-refractivity contribution >= 4 is 28.3 Å². The molecule has 0 radical (unpaired) electrons. The number of hydrogen-bond acceptors (Lipinski definition) is 5. The van der Waals surface area contributed by atoms with E-state index >= 15 is 0 Å². The number of alkyl halides is 3. The van der Waals surface area contributed by atoms with E-state index in [0.717, 1.165) is 40.0 Å². The number of carbonyl (C=O) groups is 1. The minimum atomic E-state index is -4.63. The number of rotatable bonds is 6. The van der Waals surface area contributed by atoms with Gasteiger partial charge in [-0.3, -0.25) is 14.8 Å². The molecule has 1 aromatic carbocycles. The molecule has 1 atom stereocenters. The molecule has 3 aromatic rings. The van der Waals surface area contributed by atoms with Crippen LogP contribution in [0.25, 0.3) is 11.0 Å². The predicted octanol–water partition coefficient (Wildman–Crippen LogP) is 5.86. The maximum Gasteiger partial charge on any atom is 0.413 e. The first-order chi connectivity index (χ1) is 16.8. The summed E-state index contributed by atoms with van der Waals surface area (Å²) < 4.78 is 42.0. The van der Waals surface area contributed by atoms with Crippen LogP contribution in [-0.2, 0) is 4.79 Å². The Morgan fingerprint density at radius 3 is 2.51 bits per heavy atom. The van der Waals surface area contributed by atoms with E-state index in [9.17, 15) is 18.0 Å². The lowest BCUT2D eigenvalue weighted by Gasteiger charge is -2.37. The Bertz CT molecular complexity index is 1290. The van der Waals surface area contributed by atoms with Crippen molar-refractivity contribution in [3.05, 3.63) is 59.9 Å². The molecule has 2 aliphatic carbocycles. The number of pyridine rings is 2. The monoisotopic (exact) mass is 479 g/mol. The number of amides is 1. The highest BCUT2D eigenvalue weighted by Gasteiger charge is 2.47. The summed E-state index contributed by atoms with van der Waals surface area (Å²) in [5.74, 6) is -0.985. The number of halogens is 3. The van der Waals surface area contributed by atoms with Gasteiger partial charge < -0.3 is 10.2 Å². The standard InChI is InChI=1S/C26H24F3N5O/c1-34(25(35)18-11-15(12-18)13-30)24(26(27,28)29)17-6-8-19(9-7-17)33-21-14-32-20-3-2-10-31-23(20)22(21)16-4-5-16/h2-3,6-10,14-16,18,24,33H,4-5,11-12H2,1H3/t15?,18?,24-/m1/s1. The number of aromatic nitrogens is 2. The van der Waals surface area contributed by atoms with Crippen LogP contribution in [0.15, 0.2) is 48.8 Å². The fourth-order valence-electron chi connectivity index (χ4n) is 4.80. The van der Waals surface area contributed by atoms with E-state index in [4.69, 9.17) is 5.26 Å². The largest absolute Gasteiger partial charge is 0.413 e. The number of anilines is 2. The third kappa shape index (κ3) is 4.53. The first kappa shape index (κ1) is 23.1. The predicted molar refractivity (Wildman–Crippen MR) is 125 cm³/mol. The van der Waals surface area contributed by atoms with Crippen molar-refractivity contribution in [3.8, 4) is 6.07 Å². The molecule has 2 aromatic heterocycles. The molecule has 35 heavy (non-hydrogen) atoms. The quantitative estimate of drug-likeness (QED) is 0.479. The molecule has 2 heterocycles. The molecule has 0 bridgehead atoms. The second kappa shape index (κ2) is 8.84. The van der Waals surface area contributed by atoms with Gasteiger partial charge in [-0.2, -0.15) is 18.4 Å². The Labute approximate surface area is 200 Å². The number of fused-ring (bicyclic) bond motifs is 1. The Hall–Kier alpha value is -3.67. The summed E-state index contributed by atoms with van der Waals surface area (Å²) in [5.41, 5.74) is 4.12. The zero-order valence-corrected chi connectivity index (χ0v) is 19.1. The number of nitrogens with one attached hydrogen (secondary N) is 1. The van der Waals surface area contributed by atoms with Crippen molar-refractivity contribution in [2.45, 2.75) is 43.8 Å². The van der Waals surface area contributed by atoms with Gasteiger partial charge in [-0.15, -0.1) is 0 Å². The van der Waals surface area contributed by atoms with Gasteiger partial charge in [0, 0.05) is 36.3 Å². The van der Waals surface area contributed by atoms with Gasteiger partial charge in [0.2, 0.25) is 5.91 Å². The molecule has 9 heteroatoms. The van der Waals surface area contributed by atoms with Crippen LogP contribution in [0.4, 0.5) is 24.5 Å². The molecule has 1 amide bonds. The smallest absolute Gasteiger partial charge is 0.354 e. The molecule has 6 nitrogen and oxygen atoms in total. The van der Waals surface area contributed by atoms with E-state index in [-0.39, 0.29) is 11.5 Å². The van der Waals surface area contributed by atoms with Gasteiger partial charge in [-0.25, -0.2) is 0 Å². The summed E-state index contributed by atoms with van der Waals surface area (Å²) in [6.07, 6.45) is 1.58. The molecule has 2 fully saturated rings. The van der Waals surface area contributed by atoms with Crippen LogP contribution in [0, 0.1) is 23.2 Å². The number of carbonyl (C=O) groups excluding carboxylic acids is 1. The zero-order valence-electron chi connectivity index (χ0n) is 19.1. The molecule has 0 spiro atoms. The fraction of sp³-hybridized carbons (Fsp3) is 0.385. The summed E-state index contributed by atoms with van der Waals surface area (Å²) in [5, 5.41) is 12.2. The van der Waals surface area contributed by atoms with Gasteiger partial charge in [-0.05, 0) is 61.4 Å². The van der Waals surface area contributed by atoms with Gasteiger partial charge in [0.25, 0.3) is 0 Å². The summed E-state index contributed by atoms with van der Waals surface area (Å²) in [7, 11) is 1.18. The van der Waals surface area contributed by atoms with E-state index < -0.39 is 24.0 Å². The first-order valence-electron chi connectivity index (χ1n) is 11.6. The van der Waals surface area contributed by atoms with E-state index in [0.29, 0.717) is 24.4 Å². The van der Waals surface area contributed by atoms with Crippen molar-refractivity contribution in [3.63, 3.8) is 0 Å². The third-order valence-electron chi connectivity index (χ3n) is 6.87. The normalized spacial score (nSPS) is 20.5. The van der Waals surface area contributed by atoms with Gasteiger partial charge in [0.15, 0.2) is 6.04 Å². The summed E-state index contributed by atoms with van der Waals surface area (Å²) in [6, 6.07) is 9.71. The van der Waals surface area contributed by atoms with Gasteiger partial charge in [0.1, 0.15) is 0 Å². The summed E-state index contributed by atoms with van der Waals surface area (Å²) in [6.45, 7) is 0. The maximum absolute atomic E-state index is 14.0. The number of nitrogens with zero attached hydrogens (tertiary/aromatic N) is 4. The lowest BCUT2D eigenvalue weighted by Crippen LogP contribution is -2.45. The van der Waals surface area contributed by atoms with E-state index in [1.165, 1.54) is 19.2 Å². The SMILES string of the molecule is CN(C(=O)C1CC(C#N)C1)[C@H](c1ccc(Nc2cnc3cccnc3c2C2CC2)cc1)C(F)(F)F. The van der Waals surface area contributed by atoms with E-state index in [1.54, 1.807) is 24.5 Å². The van der Waals surface area contributed by atoms with Crippen LogP contribution in [0.3, 0.4) is 0 Å². The molecule has 5 rings (SSSR count). The molecule has 2 saturated carbocycles. The Morgan fingerprint density at radius 2 is 1.89 bits per heavy atom. The zero-order chi connectivity index (χ0) is 24.7. The maximum atomic E-state index is 14.0. The molecule has 1 N–H and O–H groups in total. The van der Waals surface area contributed by atoms with E-state index in [2.05, 4.69) is 21.4 Å². The second-order valence-corrected chi connectivity index (χ2v) is 9.37. The highest BCUT2D eigenvalue weighted by Crippen LogP contribution is 2.46. The lowest BCUT2D eigenvalue weighted by atomic mass is 9.75. The molecule has 0 aliphatic heterocycles. The summed E-state index contributed by atoms with van der Waals surface area (Å²) >= 11 is 0. The van der Waals surface area contributed by atoms with Gasteiger partial charge >= 0.3 is 6.18 Å². The van der Waals surface area contributed by atoms with Crippen LogP contribution in [-0.4, -0.2) is 34.0 Å². The minimum absolute atomic E-state index is 0.0178. The van der Waals surface area contributed by atoms with Crippen LogP contribution in [0.5, 0.6) is 0 Å². The number of nitriles is 1. The average Bonchev–Trinajstić information content (AvgIpc) is 3.63. The lowest BCUT2D eigenvalue weighted by molar-refractivity contribution is -0.191. The van der Waals surface area contributed by atoms with Crippen molar-refractivity contribution in [1.82, 2.24) is 14.9 Å². The Balaban J connectivity index is 1.38. The molecule has 0 saturated heterocycles. The van der Waals surface area contributed by atoms with Crippen molar-refractivity contribution in [1.29, 1.82) is 5.26 Å². The highest BCUT2D eigenvalue weighted by atomic mass is 19.4. The Kier molecular flexibility index (Phi) is 5.83. The van der Waals surface area contributed by atoms with Gasteiger partial charge in [0.05, 0.1) is 29.0 Å². The Morgan fingerprint density at radius 1 is 1.17 bits per heavy atom. The van der Waals surface area contributed by atoms with Crippen LogP contribution in [0.2, 0.25) is 0 Å². The third-order valence-corrected chi connectivity index (χ3v) is 6.87. The van der Waals surface area contributed by atoms with Crippen molar-refractivity contribution in [2.24, 2.45) is 11.8 Å². The fourth-order valence-corrected chi connectivity index (χ4v) is 4.80. The molecule has 180 valence electrons. The molecule has 0 unspecified atom stereocenters. The molecule has 2 aliphatic rings. The first-order valence-corrected chi connectivity index (χ1v) is 11.6. The van der Waals surface area contributed by atoms with Crippen molar-refractivity contribution in [2.75, 3.05) is 12.4 Å². The number of benzene rings is 1. The van der Waals surface area contributed by atoms with Gasteiger partial charge in [-0.1, -0.05) is 12.1 Å². The van der Waals surface area contributed by atoms with Crippen LogP contribution in [0.1, 0.15) is 48.8 Å². The second-order valence-electron chi connectivity index (χ2n) is 9.37. The average molecular weight is 480 g/mol. The van der Waals surface area contributed by atoms with E-state index in [1.807, 2.05) is 12.1 Å². The molecular weight excluding hydrogens is 455 g/mol. The highest BCUT2D eigenvalue weighted by molar-refractivity contribution is 5.85. The topological polar surface area (TPSA) is 81.9 Å². The van der Waals surface area contributed by atoms with Crippen LogP contribution >= 0.6 is 0 Å². The molecular formula is C26H24F3N5O. The van der Waals surface area contributed by atoms with Crippen molar-refractivity contribution < 1.29 is 18.0 Å². The number of hydrogen-bond donors (Lipinski definition) is 1. The van der Waals surface area contributed by atoms with Crippen LogP contribution < -0.4 is 5.32 Å². The summed E-state index contributed by atoms with van der Waals surface area (Å²) in [4.78, 5) is 22.4. The minimum Gasteiger partial charge on any atom is -0.354 e.